The molecule has 0 radical (unpaired) electrons. The Bertz CT molecular complexity index is 350. The van der Waals surface area contributed by atoms with Crippen LogP contribution in [0.1, 0.15) is 53.9 Å². The van der Waals surface area contributed by atoms with Crippen LogP contribution < -0.4 is 5.32 Å². The number of hydrogen-bond donors (Lipinski definition) is 1. The minimum Gasteiger partial charge on any atom is -0.324 e. The highest BCUT2D eigenvalue weighted by Crippen LogP contribution is 2.23. The van der Waals surface area contributed by atoms with Gasteiger partial charge in [0, 0.05) is 12.6 Å². The van der Waals surface area contributed by atoms with E-state index in [9.17, 15) is 4.79 Å². The molecule has 3 atom stereocenters. The van der Waals surface area contributed by atoms with Gasteiger partial charge < -0.3 is 4.90 Å². The predicted molar refractivity (Wildman–Crippen MR) is 87.0 cm³/mol. The van der Waals surface area contributed by atoms with E-state index in [2.05, 4.69) is 49.7 Å². The molecule has 0 bridgehead atoms. The third kappa shape index (κ3) is 3.78. The Morgan fingerprint density at radius 2 is 1.67 bits per heavy atom. The second-order valence-electron chi connectivity index (χ2n) is 7.51. The zero-order chi connectivity index (χ0) is 15.6. The van der Waals surface area contributed by atoms with Crippen molar-refractivity contribution in [2.24, 2.45) is 11.8 Å². The summed E-state index contributed by atoms with van der Waals surface area (Å²) in [6, 6.07) is 0.453. The summed E-state index contributed by atoms with van der Waals surface area (Å²) in [4.78, 5) is 17.4. The number of carbonyl (C=O) groups excluding carboxylic acids is 1. The van der Waals surface area contributed by atoms with E-state index >= 15 is 0 Å². The Morgan fingerprint density at radius 3 is 2.19 bits per heavy atom. The number of nitrogens with zero attached hydrogens (tertiary/aromatic N) is 2. The van der Waals surface area contributed by atoms with Crippen LogP contribution in [0.25, 0.3) is 0 Å². The van der Waals surface area contributed by atoms with Crippen LogP contribution in [0.4, 0.5) is 0 Å². The molecule has 0 saturated carbocycles. The molecule has 2 aliphatic rings. The number of hydrogen-bond acceptors (Lipinski definition) is 3. The summed E-state index contributed by atoms with van der Waals surface area (Å²) in [7, 11) is 0. The van der Waals surface area contributed by atoms with E-state index in [-0.39, 0.29) is 12.2 Å². The van der Waals surface area contributed by atoms with Crippen LogP contribution in [0.15, 0.2) is 0 Å². The standard InChI is InChI=1S/C17H33N3O/c1-12(2)15-17(21)20(16(18-15)13(3)4)11-14(5)19-9-7-6-8-10-19/h12-16,18H,6-11H2,1-5H3. The van der Waals surface area contributed by atoms with Crippen LogP contribution in [-0.4, -0.2) is 53.6 Å². The number of rotatable bonds is 5. The van der Waals surface area contributed by atoms with Crippen molar-refractivity contribution in [3.63, 3.8) is 0 Å². The first-order valence-corrected chi connectivity index (χ1v) is 8.72. The molecule has 1 amide bonds. The van der Waals surface area contributed by atoms with Gasteiger partial charge in [-0.3, -0.25) is 15.0 Å². The molecular weight excluding hydrogens is 262 g/mol. The maximum absolute atomic E-state index is 12.7. The molecule has 21 heavy (non-hydrogen) atoms. The highest BCUT2D eigenvalue weighted by atomic mass is 16.2. The van der Waals surface area contributed by atoms with Crippen molar-refractivity contribution >= 4 is 5.91 Å². The molecule has 2 fully saturated rings. The van der Waals surface area contributed by atoms with Gasteiger partial charge in [-0.25, -0.2) is 0 Å². The van der Waals surface area contributed by atoms with Gasteiger partial charge in [0.05, 0.1) is 12.2 Å². The summed E-state index contributed by atoms with van der Waals surface area (Å²) in [5.74, 6) is 1.10. The molecule has 0 aromatic rings. The molecule has 2 saturated heterocycles. The Morgan fingerprint density at radius 1 is 1.05 bits per heavy atom. The summed E-state index contributed by atoms with van der Waals surface area (Å²) in [5.41, 5.74) is 0. The fourth-order valence-corrected chi connectivity index (χ4v) is 3.65. The van der Waals surface area contributed by atoms with Crippen molar-refractivity contribution in [1.29, 1.82) is 0 Å². The molecular formula is C17H33N3O. The average Bonchev–Trinajstić information content (AvgIpc) is 2.77. The first-order valence-electron chi connectivity index (χ1n) is 8.72. The van der Waals surface area contributed by atoms with Gasteiger partial charge in [-0.15, -0.1) is 0 Å². The van der Waals surface area contributed by atoms with E-state index in [0.717, 1.165) is 6.54 Å². The van der Waals surface area contributed by atoms with Gasteiger partial charge in [-0.2, -0.15) is 0 Å². The van der Waals surface area contributed by atoms with Crippen molar-refractivity contribution in [3.8, 4) is 0 Å². The number of nitrogens with one attached hydrogen (secondary N) is 1. The molecule has 0 aromatic heterocycles. The van der Waals surface area contributed by atoms with Gasteiger partial charge in [0.15, 0.2) is 0 Å². The first kappa shape index (κ1) is 16.8. The molecule has 3 unspecified atom stereocenters. The lowest BCUT2D eigenvalue weighted by Crippen LogP contribution is -2.49. The number of amides is 1. The molecule has 4 nitrogen and oxygen atoms in total. The topological polar surface area (TPSA) is 35.6 Å². The highest BCUT2D eigenvalue weighted by Gasteiger charge is 2.42. The van der Waals surface area contributed by atoms with Crippen LogP contribution >= 0.6 is 0 Å². The van der Waals surface area contributed by atoms with Gasteiger partial charge >= 0.3 is 0 Å². The van der Waals surface area contributed by atoms with Crippen LogP contribution in [-0.2, 0) is 4.79 Å². The Hall–Kier alpha value is -0.610. The quantitative estimate of drug-likeness (QED) is 0.845. The summed E-state index contributed by atoms with van der Waals surface area (Å²) >= 11 is 0. The average molecular weight is 295 g/mol. The monoisotopic (exact) mass is 295 g/mol. The molecule has 1 N–H and O–H groups in total. The smallest absolute Gasteiger partial charge is 0.241 e. The normalized spacial score (nSPS) is 29.7. The van der Waals surface area contributed by atoms with Gasteiger partial charge in [0.25, 0.3) is 0 Å². The van der Waals surface area contributed by atoms with Crippen LogP contribution in [0.3, 0.4) is 0 Å². The molecule has 122 valence electrons. The Balaban J connectivity index is 2.02. The third-order valence-electron chi connectivity index (χ3n) is 5.01. The minimum absolute atomic E-state index is 0.00837. The largest absolute Gasteiger partial charge is 0.324 e. The van der Waals surface area contributed by atoms with Crippen LogP contribution in [0, 0.1) is 11.8 Å². The maximum Gasteiger partial charge on any atom is 0.241 e. The van der Waals surface area contributed by atoms with E-state index in [4.69, 9.17) is 0 Å². The zero-order valence-corrected chi connectivity index (χ0v) is 14.4. The molecule has 2 rings (SSSR count). The second-order valence-corrected chi connectivity index (χ2v) is 7.51. The van der Waals surface area contributed by atoms with E-state index < -0.39 is 0 Å². The minimum atomic E-state index is -0.00837. The molecule has 0 aliphatic carbocycles. The van der Waals surface area contributed by atoms with E-state index in [0.29, 0.717) is 23.8 Å². The molecule has 0 aromatic carbocycles. The van der Waals surface area contributed by atoms with Gasteiger partial charge in [-0.1, -0.05) is 34.1 Å². The molecule has 0 spiro atoms. The third-order valence-corrected chi connectivity index (χ3v) is 5.01. The summed E-state index contributed by atoms with van der Waals surface area (Å²) in [6.07, 6.45) is 4.16. The number of piperidine rings is 1. The fraction of sp³-hybridized carbons (Fsp3) is 0.941. The first-order chi connectivity index (χ1) is 9.91. The van der Waals surface area contributed by atoms with E-state index in [1.54, 1.807) is 0 Å². The highest BCUT2D eigenvalue weighted by molar-refractivity contribution is 5.84. The second kappa shape index (κ2) is 7.10. The summed E-state index contributed by atoms with van der Waals surface area (Å²) in [5, 5.41) is 3.56. The van der Waals surface area contributed by atoms with Crippen molar-refractivity contribution in [2.45, 2.75) is 72.1 Å². The Kier molecular flexibility index (Phi) is 5.67. The van der Waals surface area contributed by atoms with Crippen molar-refractivity contribution in [2.75, 3.05) is 19.6 Å². The van der Waals surface area contributed by atoms with E-state index in [1.807, 2.05) is 0 Å². The van der Waals surface area contributed by atoms with Gasteiger partial charge in [-0.05, 0) is 44.7 Å². The number of carbonyl (C=O) groups is 1. The maximum atomic E-state index is 12.7. The van der Waals surface area contributed by atoms with E-state index in [1.165, 1.54) is 32.4 Å². The van der Waals surface area contributed by atoms with Crippen molar-refractivity contribution in [3.05, 3.63) is 0 Å². The summed E-state index contributed by atoms with van der Waals surface area (Å²) < 4.78 is 0. The molecule has 2 aliphatic heterocycles. The predicted octanol–water partition coefficient (Wildman–Crippen LogP) is 2.30. The fourth-order valence-electron chi connectivity index (χ4n) is 3.65. The number of likely N-dealkylation sites (tertiary alicyclic amines) is 1. The van der Waals surface area contributed by atoms with Gasteiger partial charge in [0.2, 0.25) is 5.91 Å². The van der Waals surface area contributed by atoms with Crippen LogP contribution in [0.2, 0.25) is 0 Å². The van der Waals surface area contributed by atoms with Gasteiger partial charge in [0.1, 0.15) is 0 Å². The molecule has 2 heterocycles. The zero-order valence-electron chi connectivity index (χ0n) is 14.4. The summed E-state index contributed by atoms with van der Waals surface area (Å²) in [6.45, 7) is 14.2. The van der Waals surface area contributed by atoms with Crippen molar-refractivity contribution in [1.82, 2.24) is 15.1 Å². The Labute approximate surface area is 130 Å². The lowest BCUT2D eigenvalue weighted by molar-refractivity contribution is -0.132. The van der Waals surface area contributed by atoms with Crippen molar-refractivity contribution < 1.29 is 4.79 Å². The molecule has 4 heteroatoms. The lowest BCUT2D eigenvalue weighted by atomic mass is 10.0. The lowest BCUT2D eigenvalue weighted by Gasteiger charge is -2.36. The van der Waals surface area contributed by atoms with Crippen LogP contribution in [0.5, 0.6) is 0 Å². The SMILES string of the molecule is CC(C)C1NC(C(C)C)N(CC(C)N2CCCCC2)C1=O.